The summed E-state index contributed by atoms with van der Waals surface area (Å²) in [7, 11) is 2.17. The van der Waals surface area contributed by atoms with Crippen LogP contribution in [0.5, 0.6) is 5.75 Å². The first kappa shape index (κ1) is 12.8. The number of hydrogen-bond donors (Lipinski definition) is 2. The molecule has 0 radical (unpaired) electrons. The molecule has 1 saturated heterocycles. The standard InChI is InChI=1S/C15H23N3O/c1-17-6-8-18(9-7-17)14-4-5-15(19)12-3-2-11(16)10-13(12)14/h4-5,11,19H,2-3,6-10,16H2,1H3/t11-/m1/s1. The molecule has 1 atom stereocenters. The van der Waals surface area contributed by atoms with Gasteiger partial charge in [-0.2, -0.15) is 0 Å². The van der Waals surface area contributed by atoms with Crippen LogP contribution in [-0.4, -0.2) is 49.3 Å². The van der Waals surface area contributed by atoms with Gasteiger partial charge in [0.05, 0.1) is 0 Å². The second kappa shape index (κ2) is 5.02. The van der Waals surface area contributed by atoms with E-state index in [0.717, 1.165) is 51.0 Å². The van der Waals surface area contributed by atoms with Crippen LogP contribution in [0.4, 0.5) is 5.69 Å². The summed E-state index contributed by atoms with van der Waals surface area (Å²) >= 11 is 0. The SMILES string of the molecule is CN1CCN(c2ccc(O)c3c2C[C@H](N)CC3)CC1. The highest BCUT2D eigenvalue weighted by Gasteiger charge is 2.24. The van der Waals surface area contributed by atoms with Crippen molar-refractivity contribution < 1.29 is 5.11 Å². The summed E-state index contributed by atoms with van der Waals surface area (Å²) in [4.78, 5) is 4.80. The van der Waals surface area contributed by atoms with E-state index in [1.807, 2.05) is 6.07 Å². The third kappa shape index (κ3) is 2.42. The maximum Gasteiger partial charge on any atom is 0.119 e. The number of piperazine rings is 1. The van der Waals surface area contributed by atoms with Gasteiger partial charge >= 0.3 is 0 Å². The predicted molar refractivity (Wildman–Crippen MR) is 77.8 cm³/mol. The summed E-state index contributed by atoms with van der Waals surface area (Å²) in [5, 5.41) is 10.0. The number of likely N-dealkylation sites (N-methyl/N-ethyl adjacent to an activating group) is 1. The fourth-order valence-corrected chi connectivity index (χ4v) is 3.21. The van der Waals surface area contributed by atoms with Gasteiger partial charge in [0, 0.05) is 37.9 Å². The Balaban J connectivity index is 1.93. The van der Waals surface area contributed by atoms with Crippen LogP contribution < -0.4 is 10.6 Å². The minimum absolute atomic E-state index is 0.237. The summed E-state index contributed by atoms with van der Waals surface area (Å²) in [6.07, 6.45) is 2.78. The zero-order valence-corrected chi connectivity index (χ0v) is 11.6. The van der Waals surface area contributed by atoms with Crippen molar-refractivity contribution in [3.8, 4) is 5.75 Å². The molecule has 1 heterocycles. The largest absolute Gasteiger partial charge is 0.508 e. The zero-order chi connectivity index (χ0) is 13.4. The Hall–Kier alpha value is -1.26. The fraction of sp³-hybridized carbons (Fsp3) is 0.600. The van der Waals surface area contributed by atoms with Crippen molar-refractivity contribution in [2.45, 2.75) is 25.3 Å². The number of aromatic hydroxyl groups is 1. The van der Waals surface area contributed by atoms with Crippen LogP contribution in [0.25, 0.3) is 0 Å². The molecule has 1 aliphatic heterocycles. The monoisotopic (exact) mass is 261 g/mol. The Kier molecular flexibility index (Phi) is 3.37. The van der Waals surface area contributed by atoms with Gasteiger partial charge < -0.3 is 20.6 Å². The van der Waals surface area contributed by atoms with E-state index in [2.05, 4.69) is 22.9 Å². The number of anilines is 1. The lowest BCUT2D eigenvalue weighted by atomic mass is 9.86. The van der Waals surface area contributed by atoms with E-state index in [1.54, 1.807) is 0 Å². The number of hydrogen-bond acceptors (Lipinski definition) is 4. The minimum Gasteiger partial charge on any atom is -0.508 e. The maximum atomic E-state index is 10.0. The number of phenolic OH excluding ortho intramolecular Hbond substituents is 1. The van der Waals surface area contributed by atoms with Crippen molar-refractivity contribution in [1.29, 1.82) is 0 Å². The molecular weight excluding hydrogens is 238 g/mol. The van der Waals surface area contributed by atoms with E-state index >= 15 is 0 Å². The zero-order valence-electron chi connectivity index (χ0n) is 11.6. The molecule has 1 fully saturated rings. The normalized spacial score (nSPS) is 24.3. The van der Waals surface area contributed by atoms with Gasteiger partial charge in [-0.15, -0.1) is 0 Å². The predicted octanol–water partition coefficient (Wildman–Crippen LogP) is 0.960. The lowest BCUT2D eigenvalue weighted by molar-refractivity contribution is 0.312. The summed E-state index contributed by atoms with van der Waals surface area (Å²) in [5.41, 5.74) is 9.80. The first-order valence-electron chi connectivity index (χ1n) is 7.18. The topological polar surface area (TPSA) is 52.7 Å². The van der Waals surface area contributed by atoms with Crippen molar-refractivity contribution in [3.63, 3.8) is 0 Å². The van der Waals surface area contributed by atoms with Crippen molar-refractivity contribution in [1.82, 2.24) is 4.90 Å². The lowest BCUT2D eigenvalue weighted by Gasteiger charge is -2.37. The number of nitrogens with zero attached hydrogens (tertiary/aromatic N) is 2. The van der Waals surface area contributed by atoms with E-state index in [-0.39, 0.29) is 6.04 Å². The third-order valence-electron chi connectivity index (χ3n) is 4.46. The second-order valence-corrected chi connectivity index (χ2v) is 5.85. The summed E-state index contributed by atoms with van der Waals surface area (Å²) in [6.45, 7) is 4.31. The Morgan fingerprint density at radius 2 is 1.89 bits per heavy atom. The highest BCUT2D eigenvalue weighted by Crippen LogP contribution is 2.35. The Labute approximate surface area is 114 Å². The molecule has 0 spiro atoms. The van der Waals surface area contributed by atoms with Crippen molar-refractivity contribution in [2.24, 2.45) is 5.73 Å². The smallest absolute Gasteiger partial charge is 0.119 e. The Morgan fingerprint density at radius 3 is 2.63 bits per heavy atom. The third-order valence-corrected chi connectivity index (χ3v) is 4.46. The van der Waals surface area contributed by atoms with Crippen LogP contribution in [0.2, 0.25) is 0 Å². The summed E-state index contributed by atoms with van der Waals surface area (Å²) < 4.78 is 0. The first-order chi connectivity index (χ1) is 9.15. The molecule has 0 aromatic heterocycles. The highest BCUT2D eigenvalue weighted by atomic mass is 16.3. The molecule has 4 heteroatoms. The summed E-state index contributed by atoms with van der Waals surface area (Å²) in [6, 6.07) is 4.15. The highest BCUT2D eigenvalue weighted by molar-refractivity contribution is 5.62. The molecule has 19 heavy (non-hydrogen) atoms. The van der Waals surface area contributed by atoms with Crippen molar-refractivity contribution >= 4 is 5.69 Å². The van der Waals surface area contributed by atoms with Crippen LogP contribution in [0.15, 0.2) is 12.1 Å². The van der Waals surface area contributed by atoms with Gasteiger partial charge in [0.25, 0.3) is 0 Å². The van der Waals surface area contributed by atoms with Crippen LogP contribution in [0, 0.1) is 0 Å². The molecular formula is C15H23N3O. The van der Waals surface area contributed by atoms with Crippen LogP contribution in [0.3, 0.4) is 0 Å². The van der Waals surface area contributed by atoms with E-state index in [4.69, 9.17) is 5.73 Å². The van der Waals surface area contributed by atoms with E-state index in [9.17, 15) is 5.11 Å². The van der Waals surface area contributed by atoms with Crippen molar-refractivity contribution in [2.75, 3.05) is 38.1 Å². The van der Waals surface area contributed by atoms with E-state index < -0.39 is 0 Å². The van der Waals surface area contributed by atoms with Crippen LogP contribution in [-0.2, 0) is 12.8 Å². The Bertz CT molecular complexity index is 467. The molecule has 1 aromatic rings. The number of nitrogens with two attached hydrogens (primary N) is 1. The molecule has 4 nitrogen and oxygen atoms in total. The molecule has 0 unspecified atom stereocenters. The minimum atomic E-state index is 0.237. The number of phenols is 1. The molecule has 0 saturated carbocycles. The van der Waals surface area contributed by atoms with Gasteiger partial charge in [-0.3, -0.25) is 0 Å². The summed E-state index contributed by atoms with van der Waals surface area (Å²) in [5.74, 6) is 0.444. The number of rotatable bonds is 1. The molecule has 1 aromatic carbocycles. The molecule has 3 rings (SSSR count). The van der Waals surface area contributed by atoms with E-state index in [0.29, 0.717) is 5.75 Å². The van der Waals surface area contributed by atoms with Gasteiger partial charge in [-0.1, -0.05) is 0 Å². The first-order valence-corrected chi connectivity index (χ1v) is 7.18. The quantitative estimate of drug-likeness (QED) is 0.790. The Morgan fingerprint density at radius 1 is 1.16 bits per heavy atom. The van der Waals surface area contributed by atoms with Crippen LogP contribution >= 0.6 is 0 Å². The van der Waals surface area contributed by atoms with Gasteiger partial charge in [0.2, 0.25) is 0 Å². The van der Waals surface area contributed by atoms with Crippen LogP contribution in [0.1, 0.15) is 17.5 Å². The number of fused-ring (bicyclic) bond motifs is 1. The lowest BCUT2D eigenvalue weighted by Crippen LogP contribution is -2.45. The van der Waals surface area contributed by atoms with Gasteiger partial charge in [0.15, 0.2) is 0 Å². The van der Waals surface area contributed by atoms with Gasteiger partial charge in [-0.25, -0.2) is 0 Å². The second-order valence-electron chi connectivity index (χ2n) is 5.85. The van der Waals surface area contributed by atoms with Gasteiger partial charge in [0.1, 0.15) is 5.75 Å². The molecule has 3 N–H and O–H groups in total. The van der Waals surface area contributed by atoms with E-state index in [1.165, 1.54) is 11.3 Å². The van der Waals surface area contributed by atoms with Gasteiger partial charge in [-0.05, 0) is 49.6 Å². The fourth-order valence-electron chi connectivity index (χ4n) is 3.21. The molecule has 1 aliphatic carbocycles. The number of benzene rings is 1. The van der Waals surface area contributed by atoms with Crippen molar-refractivity contribution in [3.05, 3.63) is 23.3 Å². The molecule has 0 bridgehead atoms. The molecule has 0 amide bonds. The molecule has 104 valence electrons. The average Bonchev–Trinajstić information content (AvgIpc) is 2.40. The maximum absolute atomic E-state index is 10.0. The average molecular weight is 261 g/mol. The molecule has 2 aliphatic rings.